The summed E-state index contributed by atoms with van der Waals surface area (Å²) in [6, 6.07) is 70.2. The van der Waals surface area contributed by atoms with Crippen molar-refractivity contribution in [3.63, 3.8) is 0 Å². The fourth-order valence-corrected chi connectivity index (χ4v) is 18.3. The van der Waals surface area contributed by atoms with E-state index >= 15 is 0 Å². The normalized spacial score (nSPS) is 17.7. The number of anilines is 8. The number of rotatable bonds is 22. The van der Waals surface area contributed by atoms with Crippen molar-refractivity contribution in [1.82, 2.24) is 0 Å². The molecule has 4 N–H and O–H groups in total. The van der Waals surface area contributed by atoms with Gasteiger partial charge in [0.05, 0.1) is 149 Å². The molecule has 0 saturated heterocycles. The summed E-state index contributed by atoms with van der Waals surface area (Å²) in [6.45, 7) is 2.40. The number of β-amino-alcohol motifs (C(OH)–C–C–N with tert-alkyl or cyclic N) is 4. The lowest BCUT2D eigenvalue weighted by Gasteiger charge is -2.47. The summed E-state index contributed by atoms with van der Waals surface area (Å²) in [4.78, 5) is 24.9. The number of para-hydroxylation sites is 8. The molecule has 0 saturated carbocycles. The Kier molecular flexibility index (Phi) is 34.0. The number of aliphatic hydroxyl groups excluding tert-OH is 4. The second-order valence-corrected chi connectivity index (χ2v) is 35.3. The number of benzene rings is 12. The van der Waals surface area contributed by atoms with Gasteiger partial charge in [-0.25, -0.2) is 4.79 Å². The number of nitrogens with zero attached hydrogens (tertiary/aromatic N) is 8. The first kappa shape index (κ1) is 111. The number of ether oxygens (including phenoxy) is 2. The lowest BCUT2D eigenvalue weighted by atomic mass is 9.94. The van der Waals surface area contributed by atoms with Gasteiger partial charge in [-0.15, -0.1) is 13.2 Å². The highest BCUT2D eigenvalue weighted by atomic mass is 19.4. The molecule has 42 heteroatoms. The molecule has 0 aliphatic carbocycles. The van der Waals surface area contributed by atoms with E-state index in [2.05, 4.69) is 4.74 Å². The minimum atomic E-state index is -4.99. The number of esters is 1. The maximum atomic E-state index is 13.5. The molecular formula is C106H95F27N8O7. The predicted molar refractivity (Wildman–Crippen MR) is 502 cm³/mol. The van der Waals surface area contributed by atoms with Gasteiger partial charge >= 0.3 is 61.7 Å². The Morgan fingerprint density at radius 2 is 0.568 bits per heavy atom. The second-order valence-electron chi connectivity index (χ2n) is 35.3. The molecule has 0 radical (unpaired) electrons. The summed E-state index contributed by atoms with van der Waals surface area (Å²) in [7, 11) is 1.20. The maximum Gasteiger partial charge on any atom is 0.573 e. The van der Waals surface area contributed by atoms with Crippen molar-refractivity contribution in [3.05, 3.63) is 376 Å². The van der Waals surface area contributed by atoms with Gasteiger partial charge in [0.25, 0.3) is 0 Å². The van der Waals surface area contributed by atoms with Crippen molar-refractivity contribution in [2.45, 2.75) is 150 Å². The fourth-order valence-electron chi connectivity index (χ4n) is 18.3. The third kappa shape index (κ3) is 27.2. The van der Waals surface area contributed by atoms with E-state index in [1.165, 1.54) is 112 Å². The summed E-state index contributed by atoms with van der Waals surface area (Å²) in [5, 5.41) is 39.7. The first-order valence-corrected chi connectivity index (χ1v) is 45.6. The maximum absolute atomic E-state index is 13.5. The first-order valence-electron chi connectivity index (χ1n) is 45.6. The number of carbonyl (C=O) groups excluding carboxylic acids is 1. The number of halogens is 27. The molecule has 148 heavy (non-hydrogen) atoms. The standard InChI is InChI=1S/C27H23F9N2O.C27H24F6N2O4.2C26H24F6N2O/c1-16(17-6-4-8-19(12-17)25(28,29)30)37-14-23(18-7-5-9-20(13-18)26(31,32)33)38(15-24(39)27(34,35)36)22-11-3-2-10-21(22)37;1-38-25(37)19-8-5-7-18(13-19)23-15-34(14-17-6-4-9-20(12-17)39-27(31,32)33)21-10-2-3-11-22(21)35(23)16-24(36)26(28,29)30;2*1-17(18-8-3-2-4-9-18)33-15-23(19-10-7-11-20(14-19)25(27,28)29)34(16-24(35)26(30,31)32)22-13-6-5-12-21(22)33/h2-13,16,23-24,39H,14-15H2,1H3;2-13,23-24,36H,14-16H2,1H3;2*2-14,17,23-24,35H,15-16H2,1H3/t16-,23+,24-;23-,24+;17-,23+,24-;17-,23-,24+/m1010/s1. The van der Waals surface area contributed by atoms with E-state index in [0.717, 1.165) is 65.7 Å². The van der Waals surface area contributed by atoms with E-state index in [9.17, 15) is 144 Å². The Bertz CT molecular complexity index is 6260. The van der Waals surface area contributed by atoms with Crippen molar-refractivity contribution in [1.29, 1.82) is 0 Å². The first-order chi connectivity index (χ1) is 69.4. The molecule has 4 heterocycles. The Labute approximate surface area is 831 Å². The van der Waals surface area contributed by atoms with Crippen LogP contribution in [0, 0.1) is 0 Å². The molecule has 790 valence electrons. The van der Waals surface area contributed by atoms with Gasteiger partial charge in [-0.3, -0.25) is 0 Å². The molecule has 0 aromatic heterocycles. The summed E-state index contributed by atoms with van der Waals surface area (Å²) in [5.74, 6) is -1.03. The van der Waals surface area contributed by atoms with Crippen LogP contribution in [-0.2, 0) is 36.0 Å². The Morgan fingerprint density at radius 3 is 0.892 bits per heavy atom. The van der Waals surface area contributed by atoms with Gasteiger partial charge in [0.1, 0.15) is 5.75 Å². The Morgan fingerprint density at radius 1 is 0.297 bits per heavy atom. The largest absolute Gasteiger partial charge is 0.573 e. The van der Waals surface area contributed by atoms with Gasteiger partial charge < -0.3 is 69.1 Å². The molecule has 12 aromatic carbocycles. The third-order valence-electron chi connectivity index (χ3n) is 25.7. The molecule has 0 unspecified atom stereocenters. The van der Waals surface area contributed by atoms with E-state index in [1.54, 1.807) is 115 Å². The Hall–Kier alpha value is -13.7. The topological polar surface area (TPSA) is 142 Å². The van der Waals surface area contributed by atoms with Crippen LogP contribution >= 0.6 is 0 Å². The molecule has 15 nitrogen and oxygen atoms in total. The number of hydrogen-bond acceptors (Lipinski definition) is 15. The van der Waals surface area contributed by atoms with Gasteiger partial charge in [0.15, 0.2) is 24.4 Å². The lowest BCUT2D eigenvalue weighted by Crippen LogP contribution is -2.49. The van der Waals surface area contributed by atoms with Crippen LogP contribution in [-0.4, -0.2) is 141 Å². The number of methoxy groups -OCH3 is 1. The van der Waals surface area contributed by atoms with Crippen LogP contribution in [0.25, 0.3) is 0 Å². The molecule has 0 bridgehead atoms. The molecule has 0 fully saturated rings. The Balaban J connectivity index is 0.000000165. The zero-order valence-electron chi connectivity index (χ0n) is 78.4. The van der Waals surface area contributed by atoms with Crippen LogP contribution in [0.2, 0.25) is 0 Å². The van der Waals surface area contributed by atoms with Gasteiger partial charge in [-0.1, -0.05) is 182 Å². The number of hydrogen-bond donors (Lipinski definition) is 4. The average Bonchev–Trinajstić information content (AvgIpc) is 0.764. The van der Waals surface area contributed by atoms with Crippen LogP contribution in [0.4, 0.5) is 164 Å². The SMILES string of the molecule is COC(=O)c1cccc([C@@H]2CN(Cc3cccc(OC(F)(F)F)c3)c3ccccc3N2C[C@@H](O)C(F)(F)F)c1.C[C@@H](c1ccccc1)N1C[C@@H](c2cccc(C(F)(F)F)c2)N(C[C@@H](O)C(F)(F)F)c2ccccc21.C[C@H](c1cccc(C(F)(F)F)c1)N1C[C@@H](c2cccc(C(F)(F)F)c2)N(C[C@@H](O)C(F)(F)F)c2ccccc21.C[C@H](c1ccccc1)N1C[C@@H](c2cccc(C(F)(F)F)c2)N(C[C@@H](O)C(F)(F)F)c2ccccc21. The predicted octanol–water partition coefficient (Wildman–Crippen LogP) is 27.2. The van der Waals surface area contributed by atoms with Crippen LogP contribution < -0.4 is 43.9 Å². The van der Waals surface area contributed by atoms with Crippen molar-refractivity contribution in [2.24, 2.45) is 0 Å². The molecule has 0 spiro atoms. The minimum Gasteiger partial charge on any atom is -0.465 e. The van der Waals surface area contributed by atoms with Crippen molar-refractivity contribution in [2.75, 3.05) is 98.7 Å². The van der Waals surface area contributed by atoms with Gasteiger partial charge in [0, 0.05) is 32.7 Å². The number of fused-ring (bicyclic) bond motifs is 4. The van der Waals surface area contributed by atoms with E-state index in [0.29, 0.717) is 50.9 Å². The molecule has 11 atom stereocenters. The van der Waals surface area contributed by atoms with Crippen LogP contribution in [0.3, 0.4) is 0 Å². The molecule has 16 rings (SSSR count). The highest BCUT2D eigenvalue weighted by molar-refractivity contribution is 5.90. The summed E-state index contributed by atoms with van der Waals surface area (Å²) in [6.07, 6.45) is -53.8. The molecule has 4 aliphatic rings. The van der Waals surface area contributed by atoms with Gasteiger partial charge in [-0.05, 0) is 187 Å². The van der Waals surface area contributed by atoms with Gasteiger partial charge in [-0.2, -0.15) is 105 Å². The zero-order valence-corrected chi connectivity index (χ0v) is 78.4. The number of aliphatic hydroxyl groups is 4. The number of carbonyl (C=O) groups is 1. The highest BCUT2D eigenvalue weighted by Gasteiger charge is 2.50. The van der Waals surface area contributed by atoms with E-state index in [-0.39, 0.29) is 78.3 Å². The average molecular weight is 2110 g/mol. The molecule has 4 aliphatic heterocycles. The van der Waals surface area contributed by atoms with Crippen molar-refractivity contribution >= 4 is 51.5 Å². The monoisotopic (exact) mass is 2100 g/mol. The van der Waals surface area contributed by atoms with Crippen molar-refractivity contribution < 1.29 is 153 Å². The van der Waals surface area contributed by atoms with E-state index in [4.69, 9.17) is 4.74 Å². The van der Waals surface area contributed by atoms with Crippen LogP contribution in [0.1, 0.15) is 140 Å². The molecule has 0 amide bonds. The minimum absolute atomic E-state index is 0.0370. The molecule has 12 aromatic rings. The van der Waals surface area contributed by atoms with Crippen molar-refractivity contribution in [3.8, 4) is 5.75 Å². The van der Waals surface area contributed by atoms with Crippen LogP contribution in [0.5, 0.6) is 5.75 Å². The quantitative estimate of drug-likeness (QED) is 0.0377. The fraction of sp³-hybridized carbons (Fsp3) is 0.311. The summed E-state index contributed by atoms with van der Waals surface area (Å²) in [5.41, 5.74) is 3.67. The summed E-state index contributed by atoms with van der Waals surface area (Å²) >= 11 is 0. The second kappa shape index (κ2) is 45.1. The van der Waals surface area contributed by atoms with Crippen LogP contribution in [0.15, 0.2) is 303 Å². The molecular weight excluding hydrogens is 2010 g/mol. The number of alkyl halides is 27. The summed E-state index contributed by atoms with van der Waals surface area (Å²) < 4.78 is 369. The van der Waals surface area contributed by atoms with Gasteiger partial charge in [0.2, 0.25) is 0 Å². The smallest absolute Gasteiger partial charge is 0.465 e. The zero-order chi connectivity index (χ0) is 108. The van der Waals surface area contributed by atoms with E-state index in [1.807, 2.05) is 89.2 Å². The third-order valence-corrected chi connectivity index (χ3v) is 25.7. The lowest BCUT2D eigenvalue weighted by molar-refractivity contribution is -0.274. The van der Waals surface area contributed by atoms with E-state index < -0.39 is 171 Å². The highest BCUT2D eigenvalue weighted by Crippen LogP contribution is 2.53.